The van der Waals surface area contributed by atoms with Crippen molar-refractivity contribution in [3.05, 3.63) is 16.6 Å². The summed E-state index contributed by atoms with van der Waals surface area (Å²) in [6.07, 6.45) is 8.35. The molecule has 14 heavy (non-hydrogen) atoms. The number of rotatable bonds is 7. The first-order valence-electron chi connectivity index (χ1n) is 5.26. The topological polar surface area (TPSA) is 30.0 Å². The smallest absolute Gasteiger partial charge is 0.174 e. The summed E-state index contributed by atoms with van der Waals surface area (Å²) >= 11 is 1.44. The normalized spacial score (nSPS) is 10.4. The van der Waals surface area contributed by atoms with Crippen LogP contribution in [0.1, 0.15) is 55.1 Å². The molecule has 0 amide bonds. The molecule has 0 aliphatic heterocycles. The van der Waals surface area contributed by atoms with Crippen LogP contribution < -0.4 is 0 Å². The van der Waals surface area contributed by atoms with E-state index < -0.39 is 0 Å². The van der Waals surface area contributed by atoms with Gasteiger partial charge in [-0.2, -0.15) is 0 Å². The zero-order chi connectivity index (χ0) is 10.2. The van der Waals surface area contributed by atoms with Gasteiger partial charge in [0.05, 0.1) is 10.4 Å². The van der Waals surface area contributed by atoms with Gasteiger partial charge in [0.25, 0.3) is 0 Å². The van der Waals surface area contributed by atoms with Gasteiger partial charge in [-0.05, 0) is 6.42 Å². The molecule has 3 heteroatoms. The van der Waals surface area contributed by atoms with E-state index in [1.54, 1.807) is 11.7 Å². The van der Waals surface area contributed by atoms with E-state index in [4.69, 9.17) is 0 Å². The third kappa shape index (κ3) is 4.01. The molecule has 0 radical (unpaired) electrons. The number of unbranched alkanes of at least 4 members (excludes halogenated alkanes) is 4. The molecule has 0 saturated heterocycles. The van der Waals surface area contributed by atoms with Gasteiger partial charge in [0.15, 0.2) is 5.78 Å². The molecule has 78 valence electrons. The monoisotopic (exact) mass is 211 g/mol. The van der Waals surface area contributed by atoms with E-state index >= 15 is 0 Å². The Hall–Kier alpha value is -0.700. The standard InChI is InChI=1S/C11H17NOS/c1-2-3-4-5-6-7-10(13)11-8-12-9-14-11/h8-9H,2-7H2,1H3. The summed E-state index contributed by atoms with van der Waals surface area (Å²) in [4.78, 5) is 16.2. The molecule has 0 fully saturated rings. The highest BCUT2D eigenvalue weighted by Crippen LogP contribution is 2.12. The summed E-state index contributed by atoms with van der Waals surface area (Å²) in [5.74, 6) is 0.254. The Labute approximate surface area is 89.4 Å². The van der Waals surface area contributed by atoms with Crippen molar-refractivity contribution in [2.75, 3.05) is 0 Å². The number of Topliss-reactive ketones (excluding diaryl/α,β-unsaturated/α-hetero) is 1. The lowest BCUT2D eigenvalue weighted by Gasteiger charge is -1.98. The van der Waals surface area contributed by atoms with Crippen molar-refractivity contribution in [3.8, 4) is 0 Å². The number of ketones is 1. The molecule has 1 heterocycles. The number of carbonyl (C=O) groups is 1. The van der Waals surface area contributed by atoms with E-state index in [2.05, 4.69) is 11.9 Å². The summed E-state index contributed by atoms with van der Waals surface area (Å²) in [6.45, 7) is 2.20. The molecule has 0 bridgehead atoms. The summed E-state index contributed by atoms with van der Waals surface area (Å²) in [5, 5.41) is 0. The van der Waals surface area contributed by atoms with E-state index in [0.717, 1.165) is 11.3 Å². The van der Waals surface area contributed by atoms with Crippen LogP contribution in [0.2, 0.25) is 0 Å². The largest absolute Gasteiger partial charge is 0.293 e. The molecule has 1 rings (SSSR count). The zero-order valence-corrected chi connectivity index (χ0v) is 9.48. The first-order valence-corrected chi connectivity index (χ1v) is 6.14. The van der Waals surface area contributed by atoms with Crippen LogP contribution in [0.4, 0.5) is 0 Å². The quantitative estimate of drug-likeness (QED) is 0.508. The molecule has 2 nitrogen and oxygen atoms in total. The third-order valence-corrected chi connectivity index (χ3v) is 3.03. The minimum Gasteiger partial charge on any atom is -0.293 e. The molecule has 0 aromatic carbocycles. The van der Waals surface area contributed by atoms with Crippen LogP contribution in [0.15, 0.2) is 11.7 Å². The lowest BCUT2D eigenvalue weighted by Crippen LogP contribution is -1.95. The van der Waals surface area contributed by atoms with Crippen LogP contribution in [0.5, 0.6) is 0 Å². The molecule has 0 N–H and O–H groups in total. The minimum absolute atomic E-state index is 0.254. The van der Waals surface area contributed by atoms with Crippen LogP contribution in [0.3, 0.4) is 0 Å². The van der Waals surface area contributed by atoms with E-state index in [9.17, 15) is 4.79 Å². The average molecular weight is 211 g/mol. The van der Waals surface area contributed by atoms with Gasteiger partial charge in [-0.15, -0.1) is 11.3 Å². The highest BCUT2D eigenvalue weighted by atomic mass is 32.1. The number of aromatic nitrogens is 1. The van der Waals surface area contributed by atoms with Crippen molar-refractivity contribution >= 4 is 17.1 Å². The second-order valence-corrected chi connectivity index (χ2v) is 4.34. The Kier molecular flexibility index (Phi) is 5.45. The summed E-state index contributed by atoms with van der Waals surface area (Å²) < 4.78 is 0. The van der Waals surface area contributed by atoms with Crippen LogP contribution in [-0.4, -0.2) is 10.8 Å². The van der Waals surface area contributed by atoms with Crippen molar-refractivity contribution in [1.82, 2.24) is 4.98 Å². The predicted octanol–water partition coefficient (Wildman–Crippen LogP) is 3.69. The fourth-order valence-corrected chi connectivity index (χ4v) is 1.96. The minimum atomic E-state index is 0.254. The zero-order valence-electron chi connectivity index (χ0n) is 8.66. The second kappa shape index (κ2) is 6.71. The van der Waals surface area contributed by atoms with Crippen LogP contribution >= 0.6 is 11.3 Å². The van der Waals surface area contributed by atoms with Crippen molar-refractivity contribution in [3.63, 3.8) is 0 Å². The van der Waals surface area contributed by atoms with Gasteiger partial charge in [-0.25, -0.2) is 0 Å². The molecule has 0 unspecified atom stereocenters. The Morgan fingerprint density at radius 3 is 2.79 bits per heavy atom. The van der Waals surface area contributed by atoms with E-state index in [-0.39, 0.29) is 5.78 Å². The van der Waals surface area contributed by atoms with Gasteiger partial charge < -0.3 is 0 Å². The number of thiazole rings is 1. The molecule has 0 spiro atoms. The van der Waals surface area contributed by atoms with Crippen LogP contribution in [0.25, 0.3) is 0 Å². The van der Waals surface area contributed by atoms with E-state index in [1.807, 2.05) is 0 Å². The Morgan fingerprint density at radius 2 is 2.14 bits per heavy atom. The average Bonchev–Trinajstić information content (AvgIpc) is 2.70. The van der Waals surface area contributed by atoms with Gasteiger partial charge in [0.2, 0.25) is 0 Å². The highest BCUT2D eigenvalue weighted by molar-refractivity contribution is 7.11. The van der Waals surface area contributed by atoms with E-state index in [0.29, 0.717) is 6.42 Å². The van der Waals surface area contributed by atoms with Crippen LogP contribution in [-0.2, 0) is 0 Å². The molecule has 0 aliphatic rings. The van der Waals surface area contributed by atoms with Crippen molar-refractivity contribution < 1.29 is 4.79 Å². The van der Waals surface area contributed by atoms with E-state index in [1.165, 1.54) is 37.0 Å². The first kappa shape index (κ1) is 11.4. The van der Waals surface area contributed by atoms with Gasteiger partial charge in [-0.3, -0.25) is 9.78 Å². The maximum atomic E-state index is 11.5. The number of hydrogen-bond donors (Lipinski definition) is 0. The van der Waals surface area contributed by atoms with Gasteiger partial charge in [0, 0.05) is 12.6 Å². The molecule has 0 aliphatic carbocycles. The molecular weight excluding hydrogens is 194 g/mol. The Bertz CT molecular complexity index is 256. The molecule has 1 aromatic rings. The Morgan fingerprint density at radius 1 is 1.36 bits per heavy atom. The van der Waals surface area contributed by atoms with Crippen molar-refractivity contribution in [2.24, 2.45) is 0 Å². The summed E-state index contributed by atoms with van der Waals surface area (Å²) in [7, 11) is 0. The van der Waals surface area contributed by atoms with Crippen molar-refractivity contribution in [2.45, 2.75) is 45.4 Å². The van der Waals surface area contributed by atoms with Gasteiger partial charge in [0.1, 0.15) is 0 Å². The number of carbonyl (C=O) groups excluding carboxylic acids is 1. The third-order valence-electron chi connectivity index (χ3n) is 2.21. The fourth-order valence-electron chi connectivity index (χ4n) is 1.37. The molecule has 1 aromatic heterocycles. The first-order chi connectivity index (χ1) is 6.84. The van der Waals surface area contributed by atoms with Gasteiger partial charge >= 0.3 is 0 Å². The van der Waals surface area contributed by atoms with Crippen molar-refractivity contribution in [1.29, 1.82) is 0 Å². The lowest BCUT2D eigenvalue weighted by atomic mass is 10.1. The lowest BCUT2D eigenvalue weighted by molar-refractivity contribution is 0.0983. The number of nitrogens with zero attached hydrogens (tertiary/aromatic N) is 1. The van der Waals surface area contributed by atoms with Gasteiger partial charge in [-0.1, -0.05) is 32.6 Å². The molecule has 0 atom stereocenters. The SMILES string of the molecule is CCCCCCCC(=O)c1cncs1. The highest BCUT2D eigenvalue weighted by Gasteiger charge is 2.06. The molecular formula is C11H17NOS. The summed E-state index contributed by atoms with van der Waals surface area (Å²) in [5.41, 5.74) is 1.71. The predicted molar refractivity (Wildman–Crippen MR) is 59.8 cm³/mol. The second-order valence-electron chi connectivity index (χ2n) is 3.45. The maximum Gasteiger partial charge on any atom is 0.174 e. The summed E-state index contributed by atoms with van der Waals surface area (Å²) in [6, 6.07) is 0. The van der Waals surface area contributed by atoms with Crippen LogP contribution in [0, 0.1) is 0 Å². The maximum absolute atomic E-state index is 11.5. The number of hydrogen-bond acceptors (Lipinski definition) is 3. The Balaban J connectivity index is 2.10. The molecule has 0 saturated carbocycles. The fraction of sp³-hybridized carbons (Fsp3) is 0.636.